The van der Waals surface area contributed by atoms with Crippen LogP contribution in [0.2, 0.25) is 0 Å². The van der Waals surface area contributed by atoms with Crippen LogP contribution in [-0.4, -0.2) is 35.6 Å². The lowest BCUT2D eigenvalue weighted by atomic mass is 10.1. The molecule has 1 fully saturated rings. The normalized spacial score (nSPS) is 13.7. The quantitative estimate of drug-likeness (QED) is 0.802. The second kappa shape index (κ2) is 8.41. The number of hydrogen-bond acceptors (Lipinski definition) is 3. The number of thioether (sulfide) groups is 1. The van der Waals surface area contributed by atoms with E-state index in [1.165, 1.54) is 22.9 Å². The Hall–Kier alpha value is -2.27. The molecule has 5 heteroatoms. The van der Waals surface area contributed by atoms with Crippen molar-refractivity contribution in [3.05, 3.63) is 59.2 Å². The Morgan fingerprint density at radius 1 is 1.08 bits per heavy atom. The topological polar surface area (TPSA) is 49.4 Å². The first-order chi connectivity index (χ1) is 12.5. The molecule has 2 aromatic carbocycles. The lowest BCUT2D eigenvalue weighted by Gasteiger charge is -2.15. The van der Waals surface area contributed by atoms with Crippen LogP contribution in [0.1, 0.15) is 34.3 Å². The zero-order chi connectivity index (χ0) is 18.5. The van der Waals surface area contributed by atoms with Gasteiger partial charge in [-0.2, -0.15) is 0 Å². The van der Waals surface area contributed by atoms with Gasteiger partial charge in [0.15, 0.2) is 0 Å². The molecule has 0 radical (unpaired) electrons. The fraction of sp³-hybridized carbons (Fsp3) is 0.333. The van der Waals surface area contributed by atoms with Gasteiger partial charge < -0.3 is 10.2 Å². The van der Waals surface area contributed by atoms with Crippen LogP contribution in [0, 0.1) is 13.8 Å². The number of amides is 2. The Labute approximate surface area is 159 Å². The van der Waals surface area contributed by atoms with Crippen LogP contribution in [0.5, 0.6) is 0 Å². The highest BCUT2D eigenvalue weighted by atomic mass is 32.2. The molecule has 1 N–H and O–H groups in total. The third kappa shape index (κ3) is 4.67. The number of benzene rings is 2. The third-order valence-electron chi connectivity index (χ3n) is 4.49. The lowest BCUT2D eigenvalue weighted by molar-refractivity contribution is -0.113. The van der Waals surface area contributed by atoms with Crippen LogP contribution < -0.4 is 5.32 Å². The molecule has 1 aliphatic heterocycles. The minimum Gasteiger partial charge on any atom is -0.339 e. The Balaban J connectivity index is 1.59. The maximum absolute atomic E-state index is 12.5. The molecule has 2 aromatic rings. The summed E-state index contributed by atoms with van der Waals surface area (Å²) in [6, 6.07) is 13.5. The molecule has 0 aliphatic carbocycles. The first kappa shape index (κ1) is 18.5. The van der Waals surface area contributed by atoms with E-state index in [4.69, 9.17) is 0 Å². The van der Waals surface area contributed by atoms with Gasteiger partial charge in [-0.25, -0.2) is 0 Å². The first-order valence-corrected chi connectivity index (χ1v) is 9.91. The maximum Gasteiger partial charge on any atom is 0.253 e. The highest BCUT2D eigenvalue weighted by Gasteiger charge is 2.19. The minimum absolute atomic E-state index is 0.0448. The van der Waals surface area contributed by atoms with Crippen LogP contribution in [0.15, 0.2) is 47.4 Å². The summed E-state index contributed by atoms with van der Waals surface area (Å²) in [5.74, 6) is 0.319. The molecule has 4 nitrogen and oxygen atoms in total. The molecule has 0 spiro atoms. The predicted octanol–water partition coefficient (Wildman–Crippen LogP) is 4.27. The van der Waals surface area contributed by atoms with Crippen LogP contribution in [0.3, 0.4) is 0 Å². The smallest absolute Gasteiger partial charge is 0.253 e. The van der Waals surface area contributed by atoms with Crippen LogP contribution >= 0.6 is 11.8 Å². The fourth-order valence-corrected chi connectivity index (χ4v) is 3.96. The van der Waals surface area contributed by atoms with Gasteiger partial charge in [-0.1, -0.05) is 23.8 Å². The summed E-state index contributed by atoms with van der Waals surface area (Å²) in [4.78, 5) is 27.8. The van der Waals surface area contributed by atoms with Crippen molar-refractivity contribution in [1.29, 1.82) is 0 Å². The van der Waals surface area contributed by atoms with Crippen molar-refractivity contribution in [3.63, 3.8) is 0 Å². The van der Waals surface area contributed by atoms with Gasteiger partial charge in [0.05, 0.1) is 5.75 Å². The largest absolute Gasteiger partial charge is 0.339 e. The summed E-state index contributed by atoms with van der Waals surface area (Å²) in [7, 11) is 0. The molecule has 0 atom stereocenters. The monoisotopic (exact) mass is 368 g/mol. The van der Waals surface area contributed by atoms with E-state index in [1.807, 2.05) is 30.9 Å². The van der Waals surface area contributed by atoms with Crippen molar-refractivity contribution in [2.45, 2.75) is 31.6 Å². The molecule has 0 unspecified atom stereocenters. The number of nitrogens with one attached hydrogen (secondary N) is 1. The zero-order valence-electron chi connectivity index (χ0n) is 15.2. The van der Waals surface area contributed by atoms with E-state index in [2.05, 4.69) is 23.5 Å². The molecule has 2 amide bonds. The van der Waals surface area contributed by atoms with Gasteiger partial charge >= 0.3 is 0 Å². The Morgan fingerprint density at radius 2 is 1.85 bits per heavy atom. The predicted molar refractivity (Wildman–Crippen MR) is 107 cm³/mol. The van der Waals surface area contributed by atoms with Gasteiger partial charge in [0.2, 0.25) is 5.91 Å². The number of carbonyl (C=O) groups excluding carboxylic acids is 2. The van der Waals surface area contributed by atoms with Gasteiger partial charge in [0.1, 0.15) is 0 Å². The molecule has 26 heavy (non-hydrogen) atoms. The number of hydrogen-bond donors (Lipinski definition) is 1. The van der Waals surface area contributed by atoms with E-state index < -0.39 is 0 Å². The number of nitrogens with zero attached hydrogens (tertiary/aromatic N) is 1. The SMILES string of the molecule is Cc1ccc(C)c(SCC(=O)Nc2cccc(C(=O)N3CCCC3)c2)c1. The van der Waals surface area contributed by atoms with Gasteiger partial charge in [-0.3, -0.25) is 9.59 Å². The van der Waals surface area contributed by atoms with Crippen LogP contribution in [-0.2, 0) is 4.79 Å². The Kier molecular flexibility index (Phi) is 5.99. The highest BCUT2D eigenvalue weighted by molar-refractivity contribution is 8.00. The van der Waals surface area contributed by atoms with E-state index in [1.54, 1.807) is 12.1 Å². The minimum atomic E-state index is -0.0679. The number of carbonyl (C=O) groups is 2. The van der Waals surface area contributed by atoms with E-state index in [-0.39, 0.29) is 11.8 Å². The molecule has 1 aliphatic rings. The van der Waals surface area contributed by atoms with E-state index in [0.717, 1.165) is 30.8 Å². The zero-order valence-corrected chi connectivity index (χ0v) is 16.1. The second-order valence-electron chi connectivity index (χ2n) is 6.69. The lowest BCUT2D eigenvalue weighted by Crippen LogP contribution is -2.27. The molecule has 0 bridgehead atoms. The summed E-state index contributed by atoms with van der Waals surface area (Å²) in [5, 5.41) is 2.90. The third-order valence-corrected chi connectivity index (χ3v) is 5.65. The van der Waals surface area contributed by atoms with Crippen molar-refractivity contribution in [1.82, 2.24) is 4.90 Å². The first-order valence-electron chi connectivity index (χ1n) is 8.92. The summed E-state index contributed by atoms with van der Waals surface area (Å²) in [6.45, 7) is 5.74. The molecule has 0 aromatic heterocycles. The van der Waals surface area contributed by atoms with Crippen molar-refractivity contribution < 1.29 is 9.59 Å². The van der Waals surface area contributed by atoms with Gasteiger partial charge in [0.25, 0.3) is 5.91 Å². The van der Waals surface area contributed by atoms with Crippen LogP contribution in [0.4, 0.5) is 5.69 Å². The number of aryl methyl sites for hydroxylation is 2. The molecule has 0 saturated carbocycles. The van der Waals surface area contributed by atoms with Gasteiger partial charge in [-0.05, 0) is 56.5 Å². The van der Waals surface area contributed by atoms with Crippen molar-refractivity contribution in [2.75, 3.05) is 24.2 Å². The van der Waals surface area contributed by atoms with Crippen molar-refractivity contribution in [3.8, 4) is 0 Å². The molecule has 1 heterocycles. The summed E-state index contributed by atoms with van der Waals surface area (Å²) in [6.07, 6.45) is 2.13. The van der Waals surface area contributed by atoms with Crippen LogP contribution in [0.25, 0.3) is 0 Å². The Morgan fingerprint density at radius 3 is 2.62 bits per heavy atom. The molecule has 3 rings (SSSR count). The fourth-order valence-electron chi connectivity index (χ4n) is 3.04. The van der Waals surface area contributed by atoms with Gasteiger partial charge in [-0.15, -0.1) is 11.8 Å². The van der Waals surface area contributed by atoms with E-state index in [0.29, 0.717) is 17.0 Å². The molecular formula is C21H24N2O2S. The molecular weight excluding hydrogens is 344 g/mol. The molecule has 1 saturated heterocycles. The highest BCUT2D eigenvalue weighted by Crippen LogP contribution is 2.24. The number of likely N-dealkylation sites (tertiary alicyclic amines) is 1. The number of anilines is 1. The van der Waals surface area contributed by atoms with E-state index >= 15 is 0 Å². The van der Waals surface area contributed by atoms with Crippen molar-refractivity contribution in [2.24, 2.45) is 0 Å². The van der Waals surface area contributed by atoms with Gasteiger partial charge in [0, 0.05) is 29.2 Å². The van der Waals surface area contributed by atoms with Crippen molar-refractivity contribution >= 4 is 29.3 Å². The second-order valence-corrected chi connectivity index (χ2v) is 7.70. The van der Waals surface area contributed by atoms with E-state index in [9.17, 15) is 9.59 Å². The number of rotatable bonds is 5. The Bertz CT molecular complexity index is 813. The maximum atomic E-state index is 12.5. The standard InChI is InChI=1S/C21H24N2O2S/c1-15-8-9-16(2)19(12-15)26-14-20(24)22-18-7-5-6-17(13-18)21(25)23-10-3-4-11-23/h5-9,12-13H,3-4,10-11,14H2,1-2H3,(H,22,24). The average Bonchev–Trinajstić information content (AvgIpc) is 3.17. The summed E-state index contributed by atoms with van der Waals surface area (Å²) >= 11 is 1.53. The molecule has 136 valence electrons. The summed E-state index contributed by atoms with van der Waals surface area (Å²) in [5.41, 5.74) is 3.66. The summed E-state index contributed by atoms with van der Waals surface area (Å²) < 4.78 is 0. The average molecular weight is 369 g/mol.